The van der Waals surface area contributed by atoms with Gasteiger partial charge in [-0.2, -0.15) is 5.26 Å². The Balaban J connectivity index is 1.15. The van der Waals surface area contributed by atoms with Crippen LogP contribution in [0.3, 0.4) is 0 Å². The smallest absolute Gasteiger partial charge is 0.101 e. The SMILES string of the molecule is CC1CN(c2ccc(C#N)c3ncccc23)CC2Cc3cc(N4CC5NCCOC5C4)ccc3CN12. The van der Waals surface area contributed by atoms with Crippen LogP contribution in [0.2, 0.25) is 0 Å². The van der Waals surface area contributed by atoms with E-state index in [0.29, 0.717) is 29.8 Å². The van der Waals surface area contributed by atoms with Gasteiger partial charge in [0.25, 0.3) is 0 Å². The minimum absolute atomic E-state index is 0.301. The molecule has 4 unspecified atom stereocenters. The van der Waals surface area contributed by atoms with Crippen molar-refractivity contribution in [3.8, 4) is 6.07 Å². The first-order valence-electron chi connectivity index (χ1n) is 13.2. The molecule has 4 aliphatic rings. The van der Waals surface area contributed by atoms with Gasteiger partial charge in [-0.1, -0.05) is 6.07 Å². The molecule has 1 N–H and O–H groups in total. The van der Waals surface area contributed by atoms with Crippen molar-refractivity contribution < 1.29 is 4.74 Å². The molecule has 7 nitrogen and oxygen atoms in total. The van der Waals surface area contributed by atoms with Gasteiger partial charge in [0.2, 0.25) is 0 Å². The molecule has 184 valence electrons. The Hall–Kier alpha value is -3.18. The van der Waals surface area contributed by atoms with E-state index in [0.717, 1.165) is 63.2 Å². The Bertz CT molecular complexity index is 1340. The minimum atomic E-state index is 0.301. The van der Waals surface area contributed by atoms with Gasteiger partial charge in [0.05, 0.1) is 29.8 Å². The second-order valence-electron chi connectivity index (χ2n) is 10.8. The molecule has 1 aromatic heterocycles. The lowest BCUT2D eigenvalue weighted by molar-refractivity contribution is 0.0212. The van der Waals surface area contributed by atoms with Crippen LogP contribution in [-0.4, -0.2) is 73.4 Å². The van der Waals surface area contributed by atoms with Gasteiger partial charge in [-0.05, 0) is 60.9 Å². The van der Waals surface area contributed by atoms with Crippen LogP contribution < -0.4 is 15.1 Å². The number of hydrogen-bond donors (Lipinski definition) is 1. The van der Waals surface area contributed by atoms with E-state index in [1.54, 1.807) is 6.20 Å². The lowest BCUT2D eigenvalue weighted by Gasteiger charge is -2.49. The Morgan fingerprint density at radius 2 is 2.00 bits per heavy atom. The van der Waals surface area contributed by atoms with Crippen LogP contribution in [0, 0.1) is 11.3 Å². The molecule has 0 amide bonds. The molecule has 2 aromatic carbocycles. The van der Waals surface area contributed by atoms with Crippen LogP contribution in [-0.2, 0) is 17.7 Å². The van der Waals surface area contributed by atoms with Crippen LogP contribution in [0.5, 0.6) is 0 Å². The lowest BCUT2D eigenvalue weighted by Crippen LogP contribution is -2.59. The summed E-state index contributed by atoms with van der Waals surface area (Å²) in [5.74, 6) is 0. The fourth-order valence-electron chi connectivity index (χ4n) is 6.81. The molecule has 7 rings (SSSR count). The predicted octanol–water partition coefficient (Wildman–Crippen LogP) is 2.92. The first kappa shape index (κ1) is 22.1. The Labute approximate surface area is 212 Å². The number of aromatic nitrogens is 1. The first-order valence-corrected chi connectivity index (χ1v) is 13.2. The fourth-order valence-corrected chi connectivity index (χ4v) is 6.81. The van der Waals surface area contributed by atoms with Crippen LogP contribution in [0.1, 0.15) is 23.6 Å². The number of ether oxygens (including phenoxy) is 1. The van der Waals surface area contributed by atoms with Crippen molar-refractivity contribution in [1.29, 1.82) is 5.26 Å². The van der Waals surface area contributed by atoms with E-state index in [9.17, 15) is 5.26 Å². The van der Waals surface area contributed by atoms with Gasteiger partial charge < -0.3 is 19.9 Å². The summed E-state index contributed by atoms with van der Waals surface area (Å²) >= 11 is 0. The minimum Gasteiger partial charge on any atom is -0.373 e. The van der Waals surface area contributed by atoms with E-state index in [1.165, 1.54) is 22.5 Å². The average molecular weight is 481 g/mol. The van der Waals surface area contributed by atoms with Gasteiger partial charge in [-0.3, -0.25) is 9.88 Å². The van der Waals surface area contributed by atoms with E-state index in [1.807, 2.05) is 12.1 Å². The molecule has 0 spiro atoms. The van der Waals surface area contributed by atoms with Gasteiger partial charge in [0.1, 0.15) is 6.07 Å². The summed E-state index contributed by atoms with van der Waals surface area (Å²) < 4.78 is 6.01. The monoisotopic (exact) mass is 480 g/mol. The highest BCUT2D eigenvalue weighted by molar-refractivity contribution is 5.95. The topological polar surface area (TPSA) is 67.7 Å². The summed E-state index contributed by atoms with van der Waals surface area (Å²) in [4.78, 5) is 12.2. The predicted molar refractivity (Wildman–Crippen MR) is 141 cm³/mol. The van der Waals surface area contributed by atoms with E-state index in [2.05, 4.69) is 68.3 Å². The highest BCUT2D eigenvalue weighted by Crippen LogP contribution is 2.36. The molecule has 0 bridgehead atoms. The summed E-state index contributed by atoms with van der Waals surface area (Å²) in [5.41, 5.74) is 6.91. The summed E-state index contributed by atoms with van der Waals surface area (Å²) in [5, 5.41) is 14.3. The Morgan fingerprint density at radius 1 is 1.06 bits per heavy atom. The quantitative estimate of drug-likeness (QED) is 0.605. The second-order valence-corrected chi connectivity index (χ2v) is 10.8. The molecular formula is C29H32N6O. The Morgan fingerprint density at radius 3 is 2.89 bits per heavy atom. The summed E-state index contributed by atoms with van der Waals surface area (Å²) in [6.07, 6.45) is 3.14. The number of piperazine rings is 1. The number of nitrogens with zero attached hydrogens (tertiary/aromatic N) is 5. The summed E-state index contributed by atoms with van der Waals surface area (Å²) in [6.45, 7) is 9.08. The van der Waals surface area contributed by atoms with E-state index < -0.39 is 0 Å². The van der Waals surface area contributed by atoms with Crippen molar-refractivity contribution in [3.05, 3.63) is 65.4 Å². The number of pyridine rings is 1. The maximum atomic E-state index is 9.56. The highest BCUT2D eigenvalue weighted by atomic mass is 16.5. The molecular weight excluding hydrogens is 448 g/mol. The number of nitriles is 1. The maximum Gasteiger partial charge on any atom is 0.101 e. The third kappa shape index (κ3) is 3.64. The van der Waals surface area contributed by atoms with Crippen molar-refractivity contribution in [3.63, 3.8) is 0 Å². The fraction of sp³-hybridized carbons (Fsp3) is 0.448. The summed E-state index contributed by atoms with van der Waals surface area (Å²) in [6, 6.07) is 18.9. The third-order valence-corrected chi connectivity index (χ3v) is 8.63. The molecule has 4 aliphatic heterocycles. The van der Waals surface area contributed by atoms with E-state index >= 15 is 0 Å². The molecule has 7 heteroatoms. The lowest BCUT2D eigenvalue weighted by atomic mass is 9.89. The number of fused-ring (bicyclic) bond motifs is 4. The van der Waals surface area contributed by atoms with Crippen molar-refractivity contribution in [2.75, 3.05) is 49.1 Å². The number of morpholine rings is 1. The standard InChI is InChI=1S/C29H32N6O/c1-19-14-34(27-7-5-20(13-30)29-25(27)3-2-8-32-29)16-24-12-22-11-23(6-4-21(22)15-35(19)24)33-17-26-28(18-33)36-10-9-31-26/h2-8,11,19,24,26,28,31H,9-10,12,14-18H2,1H3. The largest absolute Gasteiger partial charge is 0.373 e. The van der Waals surface area contributed by atoms with Gasteiger partial charge in [-0.15, -0.1) is 0 Å². The Kier molecular flexibility index (Phi) is 5.35. The van der Waals surface area contributed by atoms with Crippen LogP contribution in [0.4, 0.5) is 11.4 Å². The zero-order valence-corrected chi connectivity index (χ0v) is 20.7. The normalized spacial score (nSPS) is 27.9. The molecule has 0 aliphatic carbocycles. The summed E-state index contributed by atoms with van der Waals surface area (Å²) in [7, 11) is 0. The van der Waals surface area contributed by atoms with Crippen molar-refractivity contribution >= 4 is 22.3 Å². The highest BCUT2D eigenvalue weighted by Gasteiger charge is 2.38. The zero-order valence-electron chi connectivity index (χ0n) is 20.7. The van der Waals surface area contributed by atoms with E-state index in [-0.39, 0.29) is 0 Å². The van der Waals surface area contributed by atoms with Crippen LogP contribution in [0.15, 0.2) is 48.7 Å². The van der Waals surface area contributed by atoms with Crippen molar-refractivity contribution in [2.45, 2.75) is 44.1 Å². The molecule has 3 fully saturated rings. The van der Waals surface area contributed by atoms with Crippen molar-refractivity contribution in [1.82, 2.24) is 15.2 Å². The molecule has 36 heavy (non-hydrogen) atoms. The number of hydrogen-bond acceptors (Lipinski definition) is 7. The van der Waals surface area contributed by atoms with Crippen LogP contribution in [0.25, 0.3) is 10.9 Å². The second kappa shape index (κ2) is 8.74. The first-order chi connectivity index (χ1) is 17.7. The molecule has 3 aromatic rings. The number of anilines is 2. The number of nitrogens with one attached hydrogen (secondary N) is 1. The average Bonchev–Trinajstić information content (AvgIpc) is 3.35. The van der Waals surface area contributed by atoms with E-state index in [4.69, 9.17) is 4.74 Å². The third-order valence-electron chi connectivity index (χ3n) is 8.63. The molecule has 0 saturated carbocycles. The van der Waals surface area contributed by atoms with Crippen LogP contribution >= 0.6 is 0 Å². The van der Waals surface area contributed by atoms with Gasteiger partial charge in [0, 0.05) is 74.3 Å². The van der Waals surface area contributed by atoms with Gasteiger partial charge in [0.15, 0.2) is 0 Å². The number of rotatable bonds is 2. The maximum absolute atomic E-state index is 9.56. The zero-order chi connectivity index (χ0) is 24.2. The molecule has 0 radical (unpaired) electrons. The van der Waals surface area contributed by atoms with Crippen molar-refractivity contribution in [2.24, 2.45) is 0 Å². The molecule has 3 saturated heterocycles. The van der Waals surface area contributed by atoms with Gasteiger partial charge >= 0.3 is 0 Å². The molecule has 4 atom stereocenters. The van der Waals surface area contributed by atoms with Gasteiger partial charge in [-0.25, -0.2) is 0 Å². The number of benzene rings is 2. The molecule has 5 heterocycles.